The molecule has 0 fully saturated rings. The number of halogens is 2. The summed E-state index contributed by atoms with van der Waals surface area (Å²) in [5.41, 5.74) is 1.58. The molecule has 9 heteroatoms. The van der Waals surface area contributed by atoms with E-state index in [-0.39, 0.29) is 72.3 Å². The smallest absolute Gasteiger partial charge is 0.343 e. The summed E-state index contributed by atoms with van der Waals surface area (Å²) in [6, 6.07) is 18.7. The van der Waals surface area contributed by atoms with Crippen LogP contribution in [0.15, 0.2) is 65.1 Å². The molecular formula is C32H44I2N2O5. The van der Waals surface area contributed by atoms with E-state index in [4.69, 9.17) is 13.9 Å². The average molecular weight is 791 g/mol. The molecule has 0 radical (unpaired) electrons. The molecule has 0 aliphatic rings. The number of carbonyl (C=O) groups is 2. The Balaban J connectivity index is 0.00000420. The first-order valence-corrected chi connectivity index (χ1v) is 14.0. The van der Waals surface area contributed by atoms with E-state index >= 15 is 0 Å². The van der Waals surface area contributed by atoms with Gasteiger partial charge in [-0.2, -0.15) is 0 Å². The molecule has 226 valence electrons. The van der Waals surface area contributed by atoms with Gasteiger partial charge in [-0.05, 0) is 27.7 Å². The van der Waals surface area contributed by atoms with E-state index in [1.54, 1.807) is 0 Å². The molecular weight excluding hydrogens is 746 g/mol. The summed E-state index contributed by atoms with van der Waals surface area (Å²) in [5, 5.41) is 0. The minimum atomic E-state index is -0.590. The second-order valence-electron chi connectivity index (χ2n) is 10.5. The summed E-state index contributed by atoms with van der Waals surface area (Å²) in [4.78, 5) is 27.4. The van der Waals surface area contributed by atoms with E-state index < -0.39 is 11.9 Å². The Labute approximate surface area is 279 Å². The van der Waals surface area contributed by atoms with Crippen LogP contribution in [0.4, 0.5) is 0 Å². The number of furan rings is 1. The van der Waals surface area contributed by atoms with Crippen molar-refractivity contribution in [3.63, 3.8) is 0 Å². The highest BCUT2D eigenvalue weighted by molar-refractivity contribution is 6.10. The number of nitrogens with zero attached hydrogens (tertiary/aromatic N) is 2. The summed E-state index contributed by atoms with van der Waals surface area (Å²) in [7, 11) is 4.27. The third-order valence-electron chi connectivity index (χ3n) is 8.17. The van der Waals surface area contributed by atoms with Crippen molar-refractivity contribution in [3.05, 3.63) is 71.8 Å². The second-order valence-corrected chi connectivity index (χ2v) is 10.5. The lowest BCUT2D eigenvalue weighted by molar-refractivity contribution is -0.906. The van der Waals surface area contributed by atoms with Gasteiger partial charge >= 0.3 is 11.9 Å². The average Bonchev–Trinajstić information content (AvgIpc) is 3.39. The molecule has 0 unspecified atom stereocenters. The molecule has 7 nitrogen and oxygen atoms in total. The van der Waals surface area contributed by atoms with Crippen molar-refractivity contribution in [3.8, 4) is 22.6 Å². The van der Waals surface area contributed by atoms with Gasteiger partial charge in [0.1, 0.15) is 49.0 Å². The lowest BCUT2D eigenvalue weighted by atomic mass is 10.0. The first-order valence-electron chi connectivity index (χ1n) is 14.0. The van der Waals surface area contributed by atoms with E-state index in [2.05, 4.69) is 41.8 Å². The summed E-state index contributed by atoms with van der Waals surface area (Å²) >= 11 is 0. The highest BCUT2D eigenvalue weighted by Crippen LogP contribution is 2.38. The first kappa shape index (κ1) is 37.1. The van der Waals surface area contributed by atoms with Crippen molar-refractivity contribution in [1.82, 2.24) is 0 Å². The van der Waals surface area contributed by atoms with Crippen molar-refractivity contribution in [1.29, 1.82) is 0 Å². The van der Waals surface area contributed by atoms with Gasteiger partial charge < -0.3 is 70.8 Å². The molecule has 0 atom stereocenters. The van der Waals surface area contributed by atoms with Crippen molar-refractivity contribution < 1.29 is 80.4 Å². The maximum absolute atomic E-state index is 13.7. The Morgan fingerprint density at radius 2 is 0.927 bits per heavy atom. The number of ether oxygens (including phenoxy) is 2. The van der Waals surface area contributed by atoms with Crippen LogP contribution in [0.3, 0.4) is 0 Å². The molecule has 3 rings (SSSR count). The first-order chi connectivity index (χ1) is 18.7. The molecule has 2 aromatic carbocycles. The number of benzene rings is 2. The van der Waals surface area contributed by atoms with Gasteiger partial charge in [0.15, 0.2) is 0 Å². The summed E-state index contributed by atoms with van der Waals surface area (Å²) < 4.78 is 19.5. The van der Waals surface area contributed by atoms with E-state index in [9.17, 15) is 9.59 Å². The van der Waals surface area contributed by atoms with Gasteiger partial charge in [-0.25, -0.2) is 9.59 Å². The van der Waals surface area contributed by atoms with Gasteiger partial charge in [-0.3, -0.25) is 0 Å². The summed E-state index contributed by atoms with van der Waals surface area (Å²) in [6.45, 7) is 14.0. The lowest BCUT2D eigenvalue weighted by Crippen LogP contribution is -3.00. The van der Waals surface area contributed by atoms with E-state index in [0.717, 1.165) is 35.1 Å². The topological polar surface area (TPSA) is 65.7 Å². The normalized spacial score (nSPS) is 11.3. The number of rotatable bonds is 14. The van der Waals surface area contributed by atoms with Gasteiger partial charge in [-0.15, -0.1) is 0 Å². The van der Waals surface area contributed by atoms with Gasteiger partial charge in [0.05, 0.1) is 40.3 Å². The highest BCUT2D eigenvalue weighted by Gasteiger charge is 2.34. The SMILES string of the molecule is CC[N+](C)(CC)CCOC(=O)c1c(-c2ccccc2)oc(-c2ccccc2)c1C(=O)OCC[N+](C)(CC)CC.[I-].[I-]. The van der Waals surface area contributed by atoms with Crippen LogP contribution < -0.4 is 48.0 Å². The fourth-order valence-electron chi connectivity index (χ4n) is 4.35. The molecule has 0 N–H and O–H groups in total. The number of hydrogen-bond donors (Lipinski definition) is 0. The van der Waals surface area contributed by atoms with Crippen LogP contribution in [0.1, 0.15) is 48.4 Å². The Hall–Kier alpha value is -1.96. The van der Waals surface area contributed by atoms with Crippen LogP contribution in [0, 0.1) is 0 Å². The zero-order chi connectivity index (χ0) is 28.5. The maximum atomic E-state index is 13.7. The van der Waals surface area contributed by atoms with E-state index in [1.165, 1.54) is 0 Å². The quantitative estimate of drug-likeness (QED) is 0.130. The van der Waals surface area contributed by atoms with Crippen molar-refractivity contribution in [2.24, 2.45) is 0 Å². The third kappa shape index (κ3) is 9.52. The molecule has 0 aliphatic heterocycles. The molecule has 41 heavy (non-hydrogen) atoms. The standard InChI is InChI=1S/C32H44N2O5.2HI/c1-7-33(5,8-2)21-23-37-31(35)27-28(32(36)38-24-22-34(6,9-3)10-4)30(26-19-15-12-16-20-26)39-29(27)25-17-13-11-14-18-25;;/h11-20H,7-10,21-24H2,1-6H3;2*1H/q+2;;/p-2. The van der Waals surface area contributed by atoms with Crippen LogP contribution in [0.25, 0.3) is 22.6 Å². The van der Waals surface area contributed by atoms with Crippen LogP contribution in [0.5, 0.6) is 0 Å². The second kappa shape index (κ2) is 17.2. The molecule has 3 aromatic rings. The van der Waals surface area contributed by atoms with Gasteiger partial charge in [-0.1, -0.05) is 60.7 Å². The monoisotopic (exact) mass is 790 g/mol. The van der Waals surface area contributed by atoms with Gasteiger partial charge in [0.25, 0.3) is 0 Å². The van der Waals surface area contributed by atoms with Gasteiger partial charge in [0, 0.05) is 11.1 Å². The Morgan fingerprint density at radius 3 is 1.22 bits per heavy atom. The largest absolute Gasteiger partial charge is 1.00 e. The van der Waals surface area contributed by atoms with Crippen molar-refractivity contribution >= 4 is 11.9 Å². The van der Waals surface area contributed by atoms with Crippen molar-refractivity contribution in [2.45, 2.75) is 27.7 Å². The summed E-state index contributed by atoms with van der Waals surface area (Å²) in [6.07, 6.45) is 0. The van der Waals surface area contributed by atoms with E-state index in [0.29, 0.717) is 35.7 Å². The minimum absolute atomic E-state index is 0. The predicted molar refractivity (Wildman–Crippen MR) is 154 cm³/mol. The number of hydrogen-bond acceptors (Lipinski definition) is 5. The van der Waals surface area contributed by atoms with Crippen LogP contribution in [0.2, 0.25) is 0 Å². The Morgan fingerprint density at radius 1 is 0.610 bits per heavy atom. The molecule has 0 spiro atoms. The highest BCUT2D eigenvalue weighted by atomic mass is 127. The zero-order valence-electron chi connectivity index (χ0n) is 25.1. The van der Waals surface area contributed by atoms with Gasteiger partial charge in [0.2, 0.25) is 0 Å². The maximum Gasteiger partial charge on any atom is 0.343 e. The molecule has 1 aromatic heterocycles. The molecule has 0 amide bonds. The molecule has 1 heterocycles. The predicted octanol–water partition coefficient (Wildman–Crippen LogP) is -0.0920. The third-order valence-corrected chi connectivity index (χ3v) is 8.17. The van der Waals surface area contributed by atoms with E-state index in [1.807, 2.05) is 60.7 Å². The molecule has 0 bridgehead atoms. The fourth-order valence-corrected chi connectivity index (χ4v) is 4.35. The van der Waals surface area contributed by atoms with Crippen LogP contribution >= 0.6 is 0 Å². The number of esters is 2. The molecule has 0 aliphatic carbocycles. The Bertz CT molecular complexity index is 1130. The van der Waals surface area contributed by atoms with Crippen LogP contribution in [-0.2, 0) is 9.47 Å². The zero-order valence-corrected chi connectivity index (χ0v) is 29.4. The summed E-state index contributed by atoms with van der Waals surface area (Å²) in [5.74, 6) is -0.573. The number of carbonyl (C=O) groups excluding carboxylic acids is 2. The van der Waals surface area contributed by atoms with Crippen molar-refractivity contribution in [2.75, 3.05) is 66.6 Å². The Kier molecular flexibility index (Phi) is 15.6. The molecule has 0 saturated heterocycles. The van der Waals surface area contributed by atoms with Crippen LogP contribution in [-0.4, -0.2) is 87.5 Å². The number of quaternary nitrogens is 2. The lowest BCUT2D eigenvalue weighted by Gasteiger charge is -2.31. The minimum Gasteiger partial charge on any atom is -1.00 e. The fraction of sp³-hybridized carbons (Fsp3) is 0.438. The molecule has 0 saturated carbocycles. The number of likely N-dealkylation sites (N-methyl/N-ethyl adjacent to an activating group) is 2.